The number of aromatic nitrogens is 1. The zero-order valence-corrected chi connectivity index (χ0v) is 11.1. The fourth-order valence-electron chi connectivity index (χ4n) is 1.41. The van der Waals surface area contributed by atoms with Crippen molar-refractivity contribution in [2.45, 2.75) is 26.7 Å². The summed E-state index contributed by atoms with van der Waals surface area (Å²) in [6.45, 7) is 3.50. The number of carbonyl (C=O) groups is 1. The number of carbonyl (C=O) groups excluding carboxylic acids is 1. The number of esters is 1. The normalized spacial score (nSPS) is 10.7. The van der Waals surface area contributed by atoms with Gasteiger partial charge in [0.1, 0.15) is 4.60 Å². The van der Waals surface area contributed by atoms with Crippen molar-refractivity contribution in [3.63, 3.8) is 0 Å². The van der Waals surface area contributed by atoms with Crippen LogP contribution in [0.15, 0.2) is 10.7 Å². The molecule has 0 saturated heterocycles. The van der Waals surface area contributed by atoms with Gasteiger partial charge in [-0.25, -0.2) is 13.8 Å². The monoisotopic (exact) mass is 307 g/mol. The van der Waals surface area contributed by atoms with Crippen LogP contribution in [0.2, 0.25) is 0 Å². The predicted octanol–water partition coefficient (Wildman–Crippen LogP) is 3.20. The van der Waals surface area contributed by atoms with Crippen LogP contribution in [-0.2, 0) is 16.0 Å². The van der Waals surface area contributed by atoms with Crippen molar-refractivity contribution in [1.82, 2.24) is 4.98 Å². The van der Waals surface area contributed by atoms with Gasteiger partial charge < -0.3 is 4.74 Å². The van der Waals surface area contributed by atoms with Crippen LogP contribution in [0.3, 0.4) is 0 Å². The molecule has 1 heterocycles. The number of nitrogens with zero attached hydrogens (tertiary/aromatic N) is 1. The van der Waals surface area contributed by atoms with Gasteiger partial charge in [-0.05, 0) is 35.8 Å². The molecular weight excluding hydrogens is 296 g/mol. The molecule has 0 aliphatic heterocycles. The molecular formula is C11H12BrF2NO2. The van der Waals surface area contributed by atoms with E-state index in [2.05, 4.69) is 20.9 Å². The molecule has 0 radical (unpaired) electrons. The van der Waals surface area contributed by atoms with Gasteiger partial charge in [0.25, 0.3) is 6.43 Å². The third-order valence-corrected chi connectivity index (χ3v) is 2.75. The smallest absolute Gasteiger partial charge is 0.310 e. The molecule has 0 fully saturated rings. The Kier molecular flexibility index (Phi) is 4.99. The Bertz CT molecular complexity index is 424. The van der Waals surface area contributed by atoms with Gasteiger partial charge in [-0.1, -0.05) is 0 Å². The summed E-state index contributed by atoms with van der Waals surface area (Å²) >= 11 is 3.09. The number of alkyl halides is 2. The molecule has 0 saturated carbocycles. The van der Waals surface area contributed by atoms with E-state index in [9.17, 15) is 13.6 Å². The average molecular weight is 308 g/mol. The van der Waals surface area contributed by atoms with Crippen molar-refractivity contribution in [1.29, 1.82) is 0 Å². The van der Waals surface area contributed by atoms with Crippen LogP contribution in [0.5, 0.6) is 0 Å². The second-order valence-corrected chi connectivity index (χ2v) is 4.16. The maximum Gasteiger partial charge on any atom is 0.310 e. The highest BCUT2D eigenvalue weighted by Gasteiger charge is 2.20. The number of pyridine rings is 1. The fourth-order valence-corrected chi connectivity index (χ4v) is 2.06. The Balaban J connectivity index is 3.08. The minimum absolute atomic E-state index is 0.183. The second-order valence-electron chi connectivity index (χ2n) is 3.40. The van der Waals surface area contributed by atoms with Crippen molar-refractivity contribution in [2.75, 3.05) is 6.61 Å². The van der Waals surface area contributed by atoms with E-state index in [0.717, 1.165) is 0 Å². The maximum atomic E-state index is 12.8. The lowest BCUT2D eigenvalue weighted by molar-refractivity contribution is -0.142. The molecule has 0 aliphatic rings. The van der Waals surface area contributed by atoms with Gasteiger partial charge in [0, 0.05) is 16.8 Å². The molecule has 0 unspecified atom stereocenters. The van der Waals surface area contributed by atoms with Gasteiger partial charge in [-0.15, -0.1) is 0 Å². The molecule has 17 heavy (non-hydrogen) atoms. The topological polar surface area (TPSA) is 39.2 Å². The zero-order valence-electron chi connectivity index (χ0n) is 9.47. The highest BCUT2D eigenvalue weighted by atomic mass is 79.9. The Labute approximate surface area is 106 Å². The van der Waals surface area contributed by atoms with Crippen molar-refractivity contribution >= 4 is 21.9 Å². The SMILES string of the molecule is CCOC(=O)Cc1c(C(F)F)cc(C)nc1Br. The molecule has 6 heteroatoms. The zero-order chi connectivity index (χ0) is 13.0. The molecule has 0 amide bonds. The van der Waals surface area contributed by atoms with E-state index in [-0.39, 0.29) is 28.8 Å². The Morgan fingerprint density at radius 3 is 2.76 bits per heavy atom. The first-order valence-electron chi connectivity index (χ1n) is 5.05. The average Bonchev–Trinajstić information content (AvgIpc) is 2.21. The van der Waals surface area contributed by atoms with E-state index < -0.39 is 12.4 Å². The summed E-state index contributed by atoms with van der Waals surface area (Å²) in [6.07, 6.45) is -2.85. The van der Waals surface area contributed by atoms with Crippen molar-refractivity contribution in [3.8, 4) is 0 Å². The standard InChI is InChI=1S/C11H12BrF2NO2/c1-3-17-9(16)5-7-8(11(13)14)4-6(2)15-10(7)12/h4,11H,3,5H2,1-2H3. The summed E-state index contributed by atoms with van der Waals surface area (Å²) in [5, 5.41) is 0. The van der Waals surface area contributed by atoms with Crippen LogP contribution >= 0.6 is 15.9 Å². The Hall–Kier alpha value is -1.04. The van der Waals surface area contributed by atoms with Crippen LogP contribution in [0.4, 0.5) is 8.78 Å². The van der Waals surface area contributed by atoms with Gasteiger partial charge in [0.15, 0.2) is 0 Å². The molecule has 0 atom stereocenters. The van der Waals surface area contributed by atoms with Gasteiger partial charge in [0.2, 0.25) is 0 Å². The summed E-state index contributed by atoms with van der Waals surface area (Å²) in [5.41, 5.74) is 0.473. The maximum absolute atomic E-state index is 12.8. The second kappa shape index (κ2) is 6.05. The molecule has 3 nitrogen and oxygen atoms in total. The summed E-state index contributed by atoms with van der Waals surface area (Å²) in [4.78, 5) is 15.3. The molecule has 1 rings (SSSR count). The van der Waals surface area contributed by atoms with E-state index in [4.69, 9.17) is 4.74 Å². The van der Waals surface area contributed by atoms with Crippen LogP contribution in [0.1, 0.15) is 30.2 Å². The van der Waals surface area contributed by atoms with E-state index in [0.29, 0.717) is 5.69 Å². The van der Waals surface area contributed by atoms with E-state index in [1.54, 1.807) is 13.8 Å². The van der Waals surface area contributed by atoms with E-state index in [1.165, 1.54) is 6.07 Å². The van der Waals surface area contributed by atoms with Gasteiger partial charge in [-0.2, -0.15) is 0 Å². The van der Waals surface area contributed by atoms with Gasteiger partial charge in [-0.3, -0.25) is 4.79 Å². The summed E-state index contributed by atoms with van der Waals surface area (Å²) in [6, 6.07) is 1.28. The first-order valence-corrected chi connectivity index (χ1v) is 5.84. The number of ether oxygens (including phenoxy) is 1. The van der Waals surface area contributed by atoms with Gasteiger partial charge in [0.05, 0.1) is 13.0 Å². The molecule has 0 aromatic carbocycles. The molecule has 0 spiro atoms. The van der Waals surface area contributed by atoms with Gasteiger partial charge >= 0.3 is 5.97 Å². The Morgan fingerprint density at radius 1 is 1.59 bits per heavy atom. The summed E-state index contributed by atoms with van der Waals surface area (Å²) < 4.78 is 30.6. The van der Waals surface area contributed by atoms with E-state index in [1.807, 2.05) is 0 Å². The number of rotatable bonds is 4. The molecule has 0 N–H and O–H groups in total. The number of hydrogen-bond donors (Lipinski definition) is 0. The van der Waals surface area contributed by atoms with Crippen molar-refractivity contribution in [2.24, 2.45) is 0 Å². The highest BCUT2D eigenvalue weighted by Crippen LogP contribution is 2.28. The minimum atomic E-state index is -2.64. The molecule has 94 valence electrons. The third kappa shape index (κ3) is 3.73. The molecule has 1 aromatic rings. The largest absolute Gasteiger partial charge is 0.466 e. The molecule has 0 bridgehead atoms. The quantitative estimate of drug-likeness (QED) is 0.633. The molecule has 0 aliphatic carbocycles. The lowest BCUT2D eigenvalue weighted by Crippen LogP contribution is -2.11. The lowest BCUT2D eigenvalue weighted by Gasteiger charge is -2.11. The van der Waals surface area contributed by atoms with Crippen LogP contribution in [0, 0.1) is 6.92 Å². The Morgan fingerprint density at radius 2 is 2.24 bits per heavy atom. The number of hydrogen-bond acceptors (Lipinski definition) is 3. The van der Waals surface area contributed by atoms with Crippen molar-refractivity contribution < 1.29 is 18.3 Å². The van der Waals surface area contributed by atoms with Crippen LogP contribution in [0.25, 0.3) is 0 Å². The number of aryl methyl sites for hydroxylation is 1. The fraction of sp³-hybridized carbons (Fsp3) is 0.455. The molecule has 1 aromatic heterocycles. The first-order chi connectivity index (χ1) is 7.95. The summed E-state index contributed by atoms with van der Waals surface area (Å²) in [5.74, 6) is -0.541. The number of halogens is 3. The van der Waals surface area contributed by atoms with Crippen LogP contribution in [-0.4, -0.2) is 17.6 Å². The first kappa shape index (κ1) is 14.0. The van der Waals surface area contributed by atoms with Crippen molar-refractivity contribution in [3.05, 3.63) is 27.5 Å². The highest BCUT2D eigenvalue weighted by molar-refractivity contribution is 9.10. The van der Waals surface area contributed by atoms with Crippen LogP contribution < -0.4 is 0 Å². The third-order valence-electron chi connectivity index (χ3n) is 2.10. The van der Waals surface area contributed by atoms with E-state index >= 15 is 0 Å². The lowest BCUT2D eigenvalue weighted by atomic mass is 10.1. The summed E-state index contributed by atoms with van der Waals surface area (Å²) in [7, 11) is 0. The predicted molar refractivity (Wildman–Crippen MR) is 62.0 cm³/mol. The minimum Gasteiger partial charge on any atom is -0.466 e.